The fourth-order valence-electron chi connectivity index (χ4n) is 2.51. The van der Waals surface area contributed by atoms with Crippen molar-refractivity contribution in [2.24, 2.45) is 0 Å². The number of hydrogen-bond acceptors (Lipinski definition) is 11. The molecule has 0 aliphatic carbocycles. The molecule has 0 saturated carbocycles. The van der Waals surface area contributed by atoms with Gasteiger partial charge in [0.25, 0.3) is 0 Å². The van der Waals surface area contributed by atoms with Crippen molar-refractivity contribution < 1.29 is 47.4 Å². The molecule has 38 heavy (non-hydrogen) atoms. The van der Waals surface area contributed by atoms with Crippen molar-refractivity contribution in [1.29, 1.82) is 0 Å². The highest BCUT2D eigenvalue weighted by molar-refractivity contribution is 5.67. The minimum Gasteiger partial charge on any atom is -0.444 e. The lowest BCUT2D eigenvalue weighted by atomic mass is 10.2. The molecule has 0 rings (SSSR count). The number of alkyl carbamates (subject to hydrolysis) is 1. The topological polar surface area (TPSA) is 124 Å². The van der Waals surface area contributed by atoms with Gasteiger partial charge in [0.1, 0.15) is 12.2 Å². The second-order valence-corrected chi connectivity index (χ2v) is 8.72. The van der Waals surface area contributed by atoms with Crippen molar-refractivity contribution in [3.05, 3.63) is 0 Å². The van der Waals surface area contributed by atoms with Crippen molar-refractivity contribution in [3.8, 4) is 12.3 Å². The van der Waals surface area contributed by atoms with E-state index in [1.54, 1.807) is 0 Å². The molecule has 0 fully saturated rings. The number of amides is 1. The molecule has 0 bridgehead atoms. The van der Waals surface area contributed by atoms with Crippen LogP contribution in [-0.4, -0.2) is 137 Å². The third-order valence-electron chi connectivity index (χ3n) is 4.18. The van der Waals surface area contributed by atoms with Gasteiger partial charge in [-0.15, -0.1) is 6.42 Å². The summed E-state index contributed by atoms with van der Waals surface area (Å²) in [6.07, 6.45) is 4.62. The molecule has 12 heteroatoms. The number of ether oxygens (including phenoxy) is 9. The number of hydrogen-bond donors (Lipinski definition) is 2. The molecule has 0 aromatic heterocycles. The summed E-state index contributed by atoms with van der Waals surface area (Å²) in [5, 5.41) is 5.88. The Morgan fingerprint density at radius 2 is 0.921 bits per heavy atom. The Balaban J connectivity index is 3.10. The first kappa shape index (κ1) is 36.5. The van der Waals surface area contributed by atoms with Gasteiger partial charge in [-0.05, 0) is 20.8 Å². The zero-order valence-corrected chi connectivity index (χ0v) is 23.6. The van der Waals surface area contributed by atoms with Crippen molar-refractivity contribution in [2.75, 3.05) is 125 Å². The molecule has 0 unspecified atom stereocenters. The number of rotatable bonds is 28. The maximum atomic E-state index is 11.5. The molecule has 12 nitrogen and oxygen atoms in total. The second kappa shape index (κ2) is 28.5. The van der Waals surface area contributed by atoms with Gasteiger partial charge in [-0.1, -0.05) is 5.92 Å². The number of carbonyl (C=O) groups excluding carboxylic acids is 1. The molecule has 0 atom stereocenters. The van der Waals surface area contributed by atoms with Gasteiger partial charge in [-0.25, -0.2) is 4.79 Å². The smallest absolute Gasteiger partial charge is 0.407 e. The Bertz CT molecular complexity index is 555. The van der Waals surface area contributed by atoms with Crippen molar-refractivity contribution in [3.63, 3.8) is 0 Å². The average Bonchev–Trinajstić information content (AvgIpc) is 2.86. The van der Waals surface area contributed by atoms with Crippen molar-refractivity contribution >= 4 is 6.09 Å². The van der Waals surface area contributed by atoms with Crippen LogP contribution in [0.25, 0.3) is 0 Å². The lowest BCUT2D eigenvalue weighted by Crippen LogP contribution is -2.34. The highest BCUT2D eigenvalue weighted by Crippen LogP contribution is 2.06. The molecule has 0 radical (unpaired) electrons. The minimum atomic E-state index is -0.505. The first-order valence-electron chi connectivity index (χ1n) is 13.2. The fourth-order valence-corrected chi connectivity index (χ4v) is 2.51. The normalized spacial score (nSPS) is 11.4. The fraction of sp³-hybridized carbons (Fsp3) is 0.885. The monoisotopic (exact) mass is 550 g/mol. The van der Waals surface area contributed by atoms with Crippen molar-refractivity contribution in [2.45, 2.75) is 26.4 Å². The maximum Gasteiger partial charge on any atom is 0.407 e. The summed E-state index contributed by atoms with van der Waals surface area (Å²) in [5.74, 6) is 2.40. The molecule has 0 heterocycles. The van der Waals surface area contributed by atoms with Crippen LogP contribution in [0.15, 0.2) is 0 Å². The molecule has 0 aliphatic rings. The Morgan fingerprint density at radius 1 is 0.579 bits per heavy atom. The SMILES string of the molecule is C#CCOCCOCCOCCOCCNCCOCCOCCOCCOCCNC(=O)OC(C)(C)C. The van der Waals surface area contributed by atoms with Crippen LogP contribution >= 0.6 is 0 Å². The maximum absolute atomic E-state index is 11.5. The highest BCUT2D eigenvalue weighted by Gasteiger charge is 2.15. The number of nitrogens with one attached hydrogen (secondary N) is 2. The minimum absolute atomic E-state index is 0.310. The van der Waals surface area contributed by atoms with E-state index >= 15 is 0 Å². The summed E-state index contributed by atoms with van der Waals surface area (Å²) in [4.78, 5) is 11.5. The summed E-state index contributed by atoms with van der Waals surface area (Å²) >= 11 is 0. The summed E-state index contributed by atoms with van der Waals surface area (Å²) in [7, 11) is 0. The Labute approximate surface area is 228 Å². The Hall–Kier alpha value is -1.53. The van der Waals surface area contributed by atoms with Crippen LogP contribution < -0.4 is 10.6 Å². The molecule has 0 aromatic rings. The summed E-state index contributed by atoms with van der Waals surface area (Å²) < 4.78 is 48.2. The number of terminal acetylenes is 1. The third-order valence-corrected chi connectivity index (χ3v) is 4.18. The van der Waals surface area contributed by atoms with Gasteiger partial charge in [-0.2, -0.15) is 0 Å². The Kier molecular flexibility index (Phi) is 27.3. The largest absolute Gasteiger partial charge is 0.444 e. The summed E-state index contributed by atoms with van der Waals surface area (Å²) in [6.45, 7) is 15.4. The molecular weight excluding hydrogens is 500 g/mol. The summed E-state index contributed by atoms with van der Waals surface area (Å²) in [5.41, 5.74) is -0.505. The van der Waals surface area contributed by atoms with E-state index in [0.29, 0.717) is 112 Å². The predicted molar refractivity (Wildman–Crippen MR) is 142 cm³/mol. The molecule has 0 aromatic carbocycles. The predicted octanol–water partition coefficient (Wildman–Crippen LogP) is 0.867. The van der Waals surface area contributed by atoms with Gasteiger partial charge < -0.3 is 53.3 Å². The van der Waals surface area contributed by atoms with Crippen LogP contribution in [0.1, 0.15) is 20.8 Å². The van der Waals surface area contributed by atoms with Gasteiger partial charge in [0.05, 0.1) is 99.1 Å². The molecule has 1 amide bonds. The van der Waals surface area contributed by atoms with E-state index < -0.39 is 11.7 Å². The Morgan fingerprint density at radius 3 is 1.29 bits per heavy atom. The van der Waals surface area contributed by atoms with Crippen LogP contribution in [0.4, 0.5) is 4.79 Å². The van der Waals surface area contributed by atoms with E-state index in [0.717, 1.165) is 13.1 Å². The first-order chi connectivity index (χ1) is 18.5. The van der Waals surface area contributed by atoms with Crippen LogP contribution in [0, 0.1) is 12.3 Å². The molecular formula is C26H50N2O10. The van der Waals surface area contributed by atoms with E-state index in [4.69, 9.17) is 49.1 Å². The van der Waals surface area contributed by atoms with E-state index in [-0.39, 0.29) is 0 Å². The van der Waals surface area contributed by atoms with Crippen LogP contribution in [0.2, 0.25) is 0 Å². The average molecular weight is 551 g/mol. The third kappa shape index (κ3) is 32.5. The van der Waals surface area contributed by atoms with Gasteiger partial charge in [-0.3, -0.25) is 0 Å². The quantitative estimate of drug-likeness (QED) is 0.107. The molecule has 0 spiro atoms. The van der Waals surface area contributed by atoms with Gasteiger partial charge in [0, 0.05) is 19.6 Å². The zero-order valence-electron chi connectivity index (χ0n) is 23.6. The molecule has 2 N–H and O–H groups in total. The molecule has 0 aliphatic heterocycles. The lowest BCUT2D eigenvalue weighted by molar-refractivity contribution is -0.00222. The van der Waals surface area contributed by atoms with Gasteiger partial charge in [0.15, 0.2) is 0 Å². The van der Waals surface area contributed by atoms with E-state index in [9.17, 15) is 4.79 Å². The van der Waals surface area contributed by atoms with Crippen LogP contribution in [0.5, 0.6) is 0 Å². The van der Waals surface area contributed by atoms with Crippen molar-refractivity contribution in [1.82, 2.24) is 10.6 Å². The van der Waals surface area contributed by atoms with Gasteiger partial charge >= 0.3 is 6.09 Å². The van der Waals surface area contributed by atoms with E-state index in [1.165, 1.54) is 0 Å². The molecule has 224 valence electrons. The zero-order chi connectivity index (χ0) is 28.0. The summed E-state index contributed by atoms with van der Waals surface area (Å²) in [6, 6.07) is 0. The van der Waals surface area contributed by atoms with E-state index in [1.807, 2.05) is 20.8 Å². The first-order valence-corrected chi connectivity index (χ1v) is 13.2. The second-order valence-electron chi connectivity index (χ2n) is 8.72. The lowest BCUT2D eigenvalue weighted by Gasteiger charge is -2.19. The number of carbonyl (C=O) groups is 1. The molecule has 0 saturated heterocycles. The highest BCUT2D eigenvalue weighted by atomic mass is 16.6. The standard InChI is InChI=1S/C26H50N2O10/c1-5-9-30-13-17-34-21-22-35-18-14-31-10-6-27-7-11-32-15-19-36-23-24-37-20-16-33-12-8-28-25(29)38-26(2,3)4/h1,27H,6-24H2,2-4H3,(H,28,29). The van der Waals surface area contributed by atoms with Crippen LogP contribution in [0.3, 0.4) is 0 Å². The van der Waals surface area contributed by atoms with Gasteiger partial charge in [0.2, 0.25) is 0 Å². The van der Waals surface area contributed by atoms with E-state index in [2.05, 4.69) is 16.6 Å². The van der Waals surface area contributed by atoms with Crippen LogP contribution in [-0.2, 0) is 42.6 Å².